The standard InChI is InChI=1S/C12H18N6/c13-11(5-9-6-14-7-15-9)12-17-16-8-18(12)10-3-1-2-4-10/h6-8,10-11H,1-5,13H2,(H,14,15)/t11-/m1/s1. The number of nitrogens with zero attached hydrogens (tertiary/aromatic N) is 4. The highest BCUT2D eigenvalue weighted by atomic mass is 15.3. The van der Waals surface area contributed by atoms with Gasteiger partial charge in [0.2, 0.25) is 0 Å². The first-order chi connectivity index (χ1) is 8.84. The first kappa shape index (κ1) is 11.4. The zero-order valence-electron chi connectivity index (χ0n) is 10.3. The molecular formula is C12H18N6. The van der Waals surface area contributed by atoms with Crippen LogP contribution in [0.5, 0.6) is 0 Å². The fourth-order valence-corrected chi connectivity index (χ4v) is 2.71. The van der Waals surface area contributed by atoms with Crippen LogP contribution in [-0.2, 0) is 6.42 Å². The van der Waals surface area contributed by atoms with E-state index in [1.807, 2.05) is 6.33 Å². The summed E-state index contributed by atoms with van der Waals surface area (Å²) in [6, 6.07) is 0.399. The molecule has 6 heteroatoms. The van der Waals surface area contributed by atoms with E-state index in [1.54, 1.807) is 12.5 Å². The third kappa shape index (κ3) is 2.15. The van der Waals surface area contributed by atoms with Gasteiger partial charge in [-0.05, 0) is 12.8 Å². The third-order valence-electron chi connectivity index (χ3n) is 3.65. The van der Waals surface area contributed by atoms with Gasteiger partial charge < -0.3 is 15.3 Å². The lowest BCUT2D eigenvalue weighted by molar-refractivity contribution is 0.474. The summed E-state index contributed by atoms with van der Waals surface area (Å²) in [6.07, 6.45) is 11.0. The van der Waals surface area contributed by atoms with Crippen molar-refractivity contribution >= 4 is 0 Å². The summed E-state index contributed by atoms with van der Waals surface area (Å²) >= 11 is 0. The molecule has 1 aliphatic carbocycles. The molecule has 0 bridgehead atoms. The highest BCUT2D eigenvalue weighted by molar-refractivity contribution is 5.04. The van der Waals surface area contributed by atoms with Gasteiger partial charge in [-0.3, -0.25) is 0 Å². The lowest BCUT2D eigenvalue weighted by Crippen LogP contribution is -2.20. The molecule has 3 N–H and O–H groups in total. The molecule has 1 atom stereocenters. The van der Waals surface area contributed by atoms with Crippen molar-refractivity contribution in [1.29, 1.82) is 0 Å². The van der Waals surface area contributed by atoms with Crippen LogP contribution < -0.4 is 5.73 Å². The first-order valence-corrected chi connectivity index (χ1v) is 6.47. The molecule has 0 spiro atoms. The molecule has 0 aliphatic heterocycles. The van der Waals surface area contributed by atoms with Gasteiger partial charge in [-0.1, -0.05) is 12.8 Å². The number of H-pyrrole nitrogens is 1. The van der Waals surface area contributed by atoms with Gasteiger partial charge in [0.1, 0.15) is 12.2 Å². The Bertz CT molecular complexity index is 482. The van der Waals surface area contributed by atoms with Crippen LogP contribution in [0.25, 0.3) is 0 Å². The van der Waals surface area contributed by atoms with E-state index >= 15 is 0 Å². The summed E-state index contributed by atoms with van der Waals surface area (Å²) in [5.41, 5.74) is 7.26. The molecule has 2 aromatic heterocycles. The molecule has 1 fully saturated rings. The molecule has 96 valence electrons. The summed E-state index contributed by atoms with van der Waals surface area (Å²) in [7, 11) is 0. The number of nitrogens with two attached hydrogens (primary N) is 1. The maximum atomic E-state index is 6.23. The molecular weight excluding hydrogens is 228 g/mol. The normalized spacial score (nSPS) is 18.3. The van der Waals surface area contributed by atoms with Crippen molar-refractivity contribution in [3.63, 3.8) is 0 Å². The highest BCUT2D eigenvalue weighted by Crippen LogP contribution is 2.31. The molecule has 0 aromatic carbocycles. The molecule has 0 radical (unpaired) electrons. The molecule has 6 nitrogen and oxygen atoms in total. The van der Waals surface area contributed by atoms with Gasteiger partial charge >= 0.3 is 0 Å². The molecule has 1 aliphatic rings. The maximum absolute atomic E-state index is 6.23. The average molecular weight is 246 g/mol. The van der Waals surface area contributed by atoms with Crippen molar-refractivity contribution < 1.29 is 0 Å². The zero-order valence-corrected chi connectivity index (χ0v) is 10.3. The maximum Gasteiger partial charge on any atom is 0.150 e. The molecule has 3 rings (SSSR count). The average Bonchev–Trinajstić information content (AvgIpc) is 3.11. The Kier molecular flexibility index (Phi) is 3.10. The third-order valence-corrected chi connectivity index (χ3v) is 3.65. The molecule has 1 saturated carbocycles. The van der Waals surface area contributed by atoms with E-state index in [-0.39, 0.29) is 6.04 Å². The molecule has 2 heterocycles. The monoisotopic (exact) mass is 246 g/mol. The Labute approximate surface area is 106 Å². The van der Waals surface area contributed by atoms with E-state index in [4.69, 9.17) is 5.73 Å². The summed E-state index contributed by atoms with van der Waals surface area (Å²) < 4.78 is 2.16. The Morgan fingerprint density at radius 3 is 3.00 bits per heavy atom. The van der Waals surface area contributed by atoms with Crippen molar-refractivity contribution in [2.75, 3.05) is 0 Å². The second-order valence-corrected chi connectivity index (χ2v) is 4.92. The van der Waals surface area contributed by atoms with Crippen LogP contribution in [-0.4, -0.2) is 24.7 Å². The van der Waals surface area contributed by atoms with Crippen molar-refractivity contribution in [3.8, 4) is 0 Å². The van der Waals surface area contributed by atoms with Crippen LogP contribution in [0.2, 0.25) is 0 Å². The fraction of sp³-hybridized carbons (Fsp3) is 0.583. The van der Waals surface area contributed by atoms with Crippen LogP contribution in [0.3, 0.4) is 0 Å². The Morgan fingerprint density at radius 1 is 1.44 bits per heavy atom. The van der Waals surface area contributed by atoms with Crippen LogP contribution in [0, 0.1) is 0 Å². The van der Waals surface area contributed by atoms with Gasteiger partial charge in [-0.25, -0.2) is 4.98 Å². The molecule has 2 aromatic rings. The summed E-state index contributed by atoms with van der Waals surface area (Å²) in [5.74, 6) is 0.886. The van der Waals surface area contributed by atoms with E-state index in [1.165, 1.54) is 25.7 Å². The number of hydrogen-bond acceptors (Lipinski definition) is 4. The van der Waals surface area contributed by atoms with E-state index in [9.17, 15) is 0 Å². The molecule has 0 amide bonds. The summed E-state index contributed by atoms with van der Waals surface area (Å²) in [4.78, 5) is 7.07. The van der Waals surface area contributed by atoms with E-state index in [2.05, 4.69) is 24.7 Å². The topological polar surface area (TPSA) is 85.4 Å². The molecule has 18 heavy (non-hydrogen) atoms. The second kappa shape index (κ2) is 4.89. The minimum absolute atomic E-state index is 0.131. The van der Waals surface area contributed by atoms with Gasteiger partial charge in [-0.2, -0.15) is 0 Å². The Morgan fingerprint density at radius 2 is 2.28 bits per heavy atom. The zero-order chi connectivity index (χ0) is 12.4. The summed E-state index contributed by atoms with van der Waals surface area (Å²) in [5, 5.41) is 8.22. The van der Waals surface area contributed by atoms with Crippen molar-refractivity contribution in [3.05, 3.63) is 30.4 Å². The van der Waals surface area contributed by atoms with Crippen LogP contribution in [0.15, 0.2) is 18.9 Å². The number of aromatic nitrogens is 5. The van der Waals surface area contributed by atoms with Gasteiger partial charge in [0.05, 0.1) is 12.4 Å². The number of hydrogen-bond donors (Lipinski definition) is 2. The first-order valence-electron chi connectivity index (χ1n) is 6.47. The van der Waals surface area contributed by atoms with Crippen LogP contribution >= 0.6 is 0 Å². The predicted octanol–water partition coefficient (Wildman–Crippen LogP) is 1.36. The highest BCUT2D eigenvalue weighted by Gasteiger charge is 2.23. The lowest BCUT2D eigenvalue weighted by atomic mass is 10.1. The van der Waals surface area contributed by atoms with Gasteiger partial charge in [0.15, 0.2) is 0 Å². The second-order valence-electron chi connectivity index (χ2n) is 4.92. The number of aromatic amines is 1. The number of nitrogens with one attached hydrogen (secondary N) is 1. The van der Waals surface area contributed by atoms with Gasteiger partial charge in [-0.15, -0.1) is 10.2 Å². The SMILES string of the molecule is N[C@H](Cc1cnc[nH]1)c1nncn1C1CCCC1. The van der Waals surface area contributed by atoms with Crippen molar-refractivity contribution in [2.45, 2.75) is 44.2 Å². The minimum Gasteiger partial charge on any atom is -0.348 e. The van der Waals surface area contributed by atoms with E-state index in [0.29, 0.717) is 12.5 Å². The Hall–Kier alpha value is -1.69. The largest absolute Gasteiger partial charge is 0.348 e. The number of rotatable bonds is 4. The summed E-state index contributed by atoms with van der Waals surface area (Å²) in [6.45, 7) is 0. The van der Waals surface area contributed by atoms with Crippen LogP contribution in [0.4, 0.5) is 0 Å². The predicted molar refractivity (Wildman–Crippen MR) is 66.7 cm³/mol. The van der Waals surface area contributed by atoms with Crippen molar-refractivity contribution in [2.24, 2.45) is 5.73 Å². The Balaban J connectivity index is 1.77. The fourth-order valence-electron chi connectivity index (χ4n) is 2.71. The minimum atomic E-state index is -0.131. The smallest absolute Gasteiger partial charge is 0.150 e. The van der Waals surface area contributed by atoms with Crippen molar-refractivity contribution in [1.82, 2.24) is 24.7 Å². The number of imidazole rings is 1. The van der Waals surface area contributed by atoms with Gasteiger partial charge in [0.25, 0.3) is 0 Å². The van der Waals surface area contributed by atoms with Gasteiger partial charge in [0, 0.05) is 24.4 Å². The quantitative estimate of drug-likeness (QED) is 0.853. The lowest BCUT2D eigenvalue weighted by Gasteiger charge is -2.17. The molecule has 0 saturated heterocycles. The molecule has 0 unspecified atom stereocenters. The van der Waals surface area contributed by atoms with E-state index < -0.39 is 0 Å². The van der Waals surface area contributed by atoms with E-state index in [0.717, 1.165) is 11.5 Å². The van der Waals surface area contributed by atoms with Crippen LogP contribution in [0.1, 0.15) is 49.3 Å².